The molecule has 0 bridgehead atoms. The molecule has 2 aliphatic heterocycles. The van der Waals surface area contributed by atoms with Crippen molar-refractivity contribution in [3.8, 4) is 0 Å². The number of carbonyl (C=O) groups excluding carboxylic acids is 1. The van der Waals surface area contributed by atoms with E-state index in [-0.39, 0.29) is 16.7 Å². The molecule has 1 atom stereocenters. The highest BCUT2D eigenvalue weighted by Gasteiger charge is 2.30. The predicted octanol–water partition coefficient (Wildman–Crippen LogP) is 4.49. The largest absolute Gasteiger partial charge is 0.338 e. The second kappa shape index (κ2) is 8.92. The number of para-hydroxylation sites is 1. The molecule has 3 aromatic rings. The summed E-state index contributed by atoms with van der Waals surface area (Å²) in [6.45, 7) is 2.40. The van der Waals surface area contributed by atoms with Gasteiger partial charge in [0.2, 0.25) is 10.0 Å². The molecule has 0 saturated carbocycles. The van der Waals surface area contributed by atoms with Gasteiger partial charge in [0.05, 0.1) is 20.1 Å². The van der Waals surface area contributed by atoms with Gasteiger partial charge in [-0.25, -0.2) is 13.4 Å². The number of likely N-dealkylation sites (tertiary alicyclic amines) is 1. The maximum atomic E-state index is 13.3. The molecule has 2 fully saturated rings. The van der Waals surface area contributed by atoms with Gasteiger partial charge in [0.15, 0.2) is 0 Å². The van der Waals surface area contributed by atoms with Crippen molar-refractivity contribution >= 4 is 37.5 Å². The van der Waals surface area contributed by atoms with E-state index < -0.39 is 10.0 Å². The van der Waals surface area contributed by atoms with Crippen LogP contribution in [0.5, 0.6) is 0 Å². The molecule has 2 aliphatic rings. The van der Waals surface area contributed by atoms with Crippen LogP contribution in [0, 0.1) is 0 Å². The van der Waals surface area contributed by atoms with Crippen molar-refractivity contribution in [2.45, 2.75) is 42.9 Å². The Morgan fingerprint density at radius 3 is 2.59 bits per heavy atom. The predicted molar refractivity (Wildman–Crippen MR) is 127 cm³/mol. The Balaban J connectivity index is 1.35. The first-order valence-corrected chi connectivity index (χ1v) is 13.5. The van der Waals surface area contributed by atoms with Gasteiger partial charge in [0, 0.05) is 37.7 Å². The van der Waals surface area contributed by atoms with Gasteiger partial charge in [0.25, 0.3) is 5.91 Å². The second-order valence-electron chi connectivity index (χ2n) is 8.60. The number of amides is 1. The van der Waals surface area contributed by atoms with Gasteiger partial charge in [-0.1, -0.05) is 24.6 Å². The molecule has 1 unspecified atom stereocenters. The zero-order chi connectivity index (χ0) is 22.1. The van der Waals surface area contributed by atoms with E-state index in [2.05, 4.69) is 6.07 Å². The topological polar surface area (TPSA) is 70.6 Å². The van der Waals surface area contributed by atoms with Crippen LogP contribution in [0.3, 0.4) is 0 Å². The quantitative estimate of drug-likeness (QED) is 0.564. The lowest BCUT2D eigenvalue weighted by atomic mass is 9.98. The van der Waals surface area contributed by atoms with Crippen molar-refractivity contribution in [2.24, 2.45) is 0 Å². The maximum Gasteiger partial charge on any atom is 0.253 e. The molecular formula is C24H27N3O3S2. The Morgan fingerprint density at radius 1 is 0.969 bits per heavy atom. The number of hydrogen-bond acceptors (Lipinski definition) is 5. The van der Waals surface area contributed by atoms with Crippen molar-refractivity contribution in [3.05, 3.63) is 59.1 Å². The highest BCUT2D eigenvalue weighted by Crippen LogP contribution is 2.33. The minimum absolute atomic E-state index is 0.105. The third kappa shape index (κ3) is 4.19. The molecule has 0 spiro atoms. The van der Waals surface area contributed by atoms with Crippen LogP contribution in [0.4, 0.5) is 0 Å². The van der Waals surface area contributed by atoms with Crippen LogP contribution in [0.25, 0.3) is 10.2 Å². The Hall–Kier alpha value is -2.29. The number of aromatic nitrogens is 1. The van der Waals surface area contributed by atoms with Crippen LogP contribution in [0.1, 0.15) is 53.4 Å². The first-order chi connectivity index (χ1) is 15.5. The molecule has 3 heterocycles. The normalized spacial score (nSPS) is 20.5. The van der Waals surface area contributed by atoms with Crippen LogP contribution in [0.2, 0.25) is 0 Å². The summed E-state index contributed by atoms with van der Waals surface area (Å²) in [5.74, 6) is 0.108. The van der Waals surface area contributed by atoms with E-state index >= 15 is 0 Å². The zero-order valence-electron chi connectivity index (χ0n) is 17.9. The third-order valence-corrected chi connectivity index (χ3v) is 9.50. The summed E-state index contributed by atoms with van der Waals surface area (Å²) in [6, 6.07) is 14.7. The fourth-order valence-electron chi connectivity index (χ4n) is 4.65. The van der Waals surface area contributed by atoms with Crippen molar-refractivity contribution in [2.75, 3.05) is 26.2 Å². The molecule has 168 valence electrons. The van der Waals surface area contributed by atoms with Gasteiger partial charge in [-0.05, 0) is 56.0 Å². The first-order valence-electron chi connectivity index (χ1n) is 11.3. The molecule has 6 nitrogen and oxygen atoms in total. The molecule has 0 radical (unpaired) electrons. The number of rotatable bonds is 4. The van der Waals surface area contributed by atoms with Crippen molar-refractivity contribution < 1.29 is 13.2 Å². The molecule has 32 heavy (non-hydrogen) atoms. The molecule has 8 heteroatoms. The SMILES string of the molecule is O=C(c1cccc(S(=O)(=O)N2CCCCC2)c1)N1CCCC(c2nc3ccccc3s2)C1. The zero-order valence-corrected chi connectivity index (χ0v) is 19.6. The average Bonchev–Trinajstić information content (AvgIpc) is 3.29. The Kier molecular flexibility index (Phi) is 6.01. The summed E-state index contributed by atoms with van der Waals surface area (Å²) >= 11 is 1.70. The number of carbonyl (C=O) groups is 1. The number of thiazole rings is 1. The van der Waals surface area contributed by atoms with E-state index in [0.717, 1.165) is 42.6 Å². The Labute approximate surface area is 192 Å². The number of hydrogen-bond donors (Lipinski definition) is 0. The number of nitrogens with zero attached hydrogens (tertiary/aromatic N) is 3. The van der Waals surface area contributed by atoms with Crippen molar-refractivity contribution in [1.82, 2.24) is 14.2 Å². The molecule has 5 rings (SSSR count). The molecule has 0 aliphatic carbocycles. The van der Waals surface area contributed by atoms with Gasteiger partial charge in [-0.2, -0.15) is 4.31 Å². The van der Waals surface area contributed by atoms with E-state index in [1.807, 2.05) is 23.1 Å². The minimum atomic E-state index is -3.56. The van der Waals surface area contributed by atoms with E-state index in [1.54, 1.807) is 39.9 Å². The highest BCUT2D eigenvalue weighted by molar-refractivity contribution is 7.89. The fraction of sp³-hybridized carbons (Fsp3) is 0.417. The van der Waals surface area contributed by atoms with Crippen LogP contribution in [0.15, 0.2) is 53.4 Å². The monoisotopic (exact) mass is 469 g/mol. The van der Waals surface area contributed by atoms with Crippen LogP contribution in [-0.4, -0.2) is 54.7 Å². The lowest BCUT2D eigenvalue weighted by Gasteiger charge is -2.32. The van der Waals surface area contributed by atoms with Crippen LogP contribution < -0.4 is 0 Å². The molecule has 2 saturated heterocycles. The van der Waals surface area contributed by atoms with E-state index in [0.29, 0.717) is 31.7 Å². The van der Waals surface area contributed by atoms with Gasteiger partial charge < -0.3 is 4.90 Å². The molecule has 2 aromatic carbocycles. The summed E-state index contributed by atoms with van der Waals surface area (Å²) in [5.41, 5.74) is 1.44. The average molecular weight is 470 g/mol. The Morgan fingerprint density at radius 2 is 1.78 bits per heavy atom. The first kappa shape index (κ1) is 21.6. The fourth-order valence-corrected chi connectivity index (χ4v) is 7.31. The molecule has 0 N–H and O–H groups in total. The summed E-state index contributed by atoms with van der Waals surface area (Å²) < 4.78 is 28.8. The Bertz CT molecular complexity index is 1200. The third-order valence-electron chi connectivity index (χ3n) is 6.40. The minimum Gasteiger partial charge on any atom is -0.338 e. The second-order valence-corrected chi connectivity index (χ2v) is 11.6. The lowest BCUT2D eigenvalue weighted by molar-refractivity contribution is 0.0707. The summed E-state index contributed by atoms with van der Waals surface area (Å²) in [4.78, 5) is 20.2. The number of benzene rings is 2. The summed E-state index contributed by atoms with van der Waals surface area (Å²) in [5, 5.41) is 1.07. The number of piperidine rings is 2. The standard InChI is InChI=1S/C24H27N3O3S2/c28-24(18-8-6-10-20(16-18)32(29,30)27-14-4-1-5-15-27)26-13-7-9-19(17-26)23-25-21-11-2-3-12-22(21)31-23/h2-3,6,8,10-12,16,19H,1,4-5,7,9,13-15,17H2. The van der Waals surface area contributed by atoms with Crippen molar-refractivity contribution in [3.63, 3.8) is 0 Å². The summed E-state index contributed by atoms with van der Waals surface area (Å²) in [6.07, 6.45) is 4.76. The van der Waals surface area contributed by atoms with Gasteiger partial charge in [0.1, 0.15) is 0 Å². The van der Waals surface area contributed by atoms with Gasteiger partial charge in [-0.3, -0.25) is 4.79 Å². The maximum absolute atomic E-state index is 13.3. The van der Waals surface area contributed by atoms with E-state index in [9.17, 15) is 13.2 Å². The van der Waals surface area contributed by atoms with Crippen LogP contribution in [-0.2, 0) is 10.0 Å². The van der Waals surface area contributed by atoms with Gasteiger partial charge >= 0.3 is 0 Å². The van der Waals surface area contributed by atoms with Crippen LogP contribution >= 0.6 is 11.3 Å². The smallest absolute Gasteiger partial charge is 0.253 e. The number of sulfonamides is 1. The van der Waals surface area contributed by atoms with Gasteiger partial charge in [-0.15, -0.1) is 11.3 Å². The molecular weight excluding hydrogens is 442 g/mol. The number of fused-ring (bicyclic) bond motifs is 1. The lowest BCUT2D eigenvalue weighted by Crippen LogP contribution is -2.39. The van der Waals surface area contributed by atoms with E-state index in [1.165, 1.54) is 4.70 Å². The summed E-state index contributed by atoms with van der Waals surface area (Å²) in [7, 11) is -3.56. The molecule has 1 amide bonds. The van der Waals surface area contributed by atoms with Crippen molar-refractivity contribution in [1.29, 1.82) is 0 Å². The van der Waals surface area contributed by atoms with E-state index in [4.69, 9.17) is 4.98 Å². The molecule has 1 aromatic heterocycles. The highest BCUT2D eigenvalue weighted by atomic mass is 32.2.